The third-order valence-electron chi connectivity index (χ3n) is 2.57. The monoisotopic (exact) mass is 363 g/mol. The number of benzene rings is 1. The van der Waals surface area contributed by atoms with Crippen molar-refractivity contribution in [3.05, 3.63) is 49.9 Å². The topological polar surface area (TPSA) is 30.0 Å². The van der Waals surface area contributed by atoms with E-state index >= 15 is 0 Å². The summed E-state index contributed by atoms with van der Waals surface area (Å²) >= 11 is 4.17. The minimum Gasteiger partial charge on any atom is -0.294 e. The highest BCUT2D eigenvalue weighted by molar-refractivity contribution is 9.10. The van der Waals surface area contributed by atoms with Crippen molar-refractivity contribution in [2.75, 3.05) is 0 Å². The fourth-order valence-corrected chi connectivity index (χ4v) is 2.88. The minimum absolute atomic E-state index is 0.0113. The third kappa shape index (κ3) is 3.46. The first kappa shape index (κ1) is 15.2. The van der Waals surface area contributed by atoms with Gasteiger partial charge in [-0.05, 0) is 19.1 Å². The Balaban J connectivity index is 2.27. The predicted molar refractivity (Wildman–Crippen MR) is 74.0 cm³/mol. The van der Waals surface area contributed by atoms with Gasteiger partial charge in [-0.15, -0.1) is 11.3 Å². The summed E-state index contributed by atoms with van der Waals surface area (Å²) in [6.07, 6.45) is -4.48. The molecule has 0 aliphatic carbocycles. The lowest BCUT2D eigenvalue weighted by atomic mass is 10.1. The van der Waals surface area contributed by atoms with E-state index in [1.807, 2.05) is 0 Å². The number of Topliss-reactive ketones (excluding diaryl/α,β-unsaturated/α-hetero) is 1. The lowest BCUT2D eigenvalue weighted by Gasteiger charge is -2.10. The molecule has 0 fully saturated rings. The normalized spacial score (nSPS) is 11.7. The first-order chi connectivity index (χ1) is 9.27. The van der Waals surface area contributed by atoms with Crippen molar-refractivity contribution in [2.45, 2.75) is 19.5 Å². The molecule has 20 heavy (non-hydrogen) atoms. The molecule has 0 amide bonds. The van der Waals surface area contributed by atoms with Crippen molar-refractivity contribution in [3.8, 4) is 0 Å². The van der Waals surface area contributed by atoms with E-state index in [1.165, 1.54) is 23.5 Å². The minimum atomic E-state index is -4.49. The Morgan fingerprint density at radius 2 is 2.10 bits per heavy atom. The lowest BCUT2D eigenvalue weighted by molar-refractivity contribution is -0.138. The Morgan fingerprint density at radius 3 is 2.65 bits per heavy atom. The zero-order valence-electron chi connectivity index (χ0n) is 10.3. The molecule has 0 atom stereocenters. The second-order valence-corrected chi connectivity index (χ2v) is 5.97. The van der Waals surface area contributed by atoms with Gasteiger partial charge in [0.05, 0.1) is 12.0 Å². The van der Waals surface area contributed by atoms with Crippen molar-refractivity contribution >= 4 is 33.0 Å². The molecule has 1 heterocycles. The van der Waals surface area contributed by atoms with E-state index in [1.54, 1.807) is 12.3 Å². The molecule has 2 nitrogen and oxygen atoms in total. The van der Waals surface area contributed by atoms with Gasteiger partial charge in [-0.25, -0.2) is 4.98 Å². The number of aromatic nitrogens is 1. The van der Waals surface area contributed by atoms with Crippen LogP contribution < -0.4 is 0 Å². The highest BCUT2D eigenvalue weighted by atomic mass is 79.9. The average Bonchev–Trinajstić information content (AvgIpc) is 2.73. The Kier molecular flexibility index (Phi) is 4.29. The quantitative estimate of drug-likeness (QED) is 0.742. The highest BCUT2D eigenvalue weighted by Gasteiger charge is 2.33. The largest absolute Gasteiger partial charge is 0.417 e. The number of aryl methyl sites for hydroxylation is 1. The summed E-state index contributed by atoms with van der Waals surface area (Å²) in [6.45, 7) is 1.80. The maximum atomic E-state index is 12.8. The molecule has 106 valence electrons. The van der Waals surface area contributed by atoms with Crippen LogP contribution in [0.4, 0.5) is 13.2 Å². The number of alkyl halides is 3. The van der Waals surface area contributed by atoms with Gasteiger partial charge in [0, 0.05) is 21.1 Å². The van der Waals surface area contributed by atoms with E-state index in [4.69, 9.17) is 0 Å². The van der Waals surface area contributed by atoms with Gasteiger partial charge in [0.1, 0.15) is 5.01 Å². The van der Waals surface area contributed by atoms with Crippen LogP contribution in [0.1, 0.15) is 26.6 Å². The molecule has 0 aliphatic rings. The van der Waals surface area contributed by atoms with Crippen molar-refractivity contribution in [1.29, 1.82) is 0 Å². The first-order valence-electron chi connectivity index (χ1n) is 5.58. The molecular formula is C13H9BrF3NOS. The summed E-state index contributed by atoms with van der Waals surface area (Å²) in [5, 5.41) is 2.40. The van der Waals surface area contributed by atoms with Crippen LogP contribution in [0.25, 0.3) is 0 Å². The van der Waals surface area contributed by atoms with Crippen molar-refractivity contribution in [2.24, 2.45) is 0 Å². The molecule has 7 heteroatoms. The lowest BCUT2D eigenvalue weighted by Crippen LogP contribution is -2.10. The standard InChI is InChI=1S/C13H9BrF3NOS/c1-7-6-20-12(18-7)5-11(19)8-2-3-10(14)9(4-8)13(15,16)17/h2-4,6H,5H2,1H3. The number of rotatable bonds is 3. The van der Waals surface area contributed by atoms with Gasteiger partial charge >= 0.3 is 6.18 Å². The van der Waals surface area contributed by atoms with Gasteiger partial charge in [-0.3, -0.25) is 4.79 Å². The fourth-order valence-electron chi connectivity index (χ4n) is 1.64. The van der Waals surface area contributed by atoms with Crippen LogP contribution in [0.15, 0.2) is 28.1 Å². The number of carbonyl (C=O) groups excluding carboxylic acids is 1. The molecule has 2 rings (SSSR count). The van der Waals surface area contributed by atoms with Gasteiger partial charge < -0.3 is 0 Å². The molecule has 0 saturated carbocycles. The highest BCUT2D eigenvalue weighted by Crippen LogP contribution is 2.35. The number of hydrogen-bond acceptors (Lipinski definition) is 3. The zero-order chi connectivity index (χ0) is 14.9. The summed E-state index contributed by atoms with van der Waals surface area (Å²) in [5.41, 5.74) is -0.0170. The molecule has 0 aliphatic heterocycles. The van der Waals surface area contributed by atoms with Gasteiger partial charge in [-0.2, -0.15) is 13.2 Å². The van der Waals surface area contributed by atoms with Crippen LogP contribution in [-0.4, -0.2) is 10.8 Å². The number of ketones is 1. The summed E-state index contributed by atoms with van der Waals surface area (Å²) < 4.78 is 38.2. The van der Waals surface area contributed by atoms with Crippen LogP contribution in [0.3, 0.4) is 0 Å². The summed E-state index contributed by atoms with van der Waals surface area (Å²) in [5.74, 6) is -0.377. The summed E-state index contributed by atoms with van der Waals surface area (Å²) in [6, 6.07) is 3.48. The van der Waals surface area contributed by atoms with Gasteiger partial charge in [-0.1, -0.05) is 22.0 Å². The SMILES string of the molecule is Cc1csc(CC(=O)c2ccc(Br)c(C(F)(F)F)c2)n1. The molecule has 1 aromatic heterocycles. The van der Waals surface area contributed by atoms with Gasteiger partial charge in [0.25, 0.3) is 0 Å². The molecule has 0 bridgehead atoms. The molecule has 0 radical (unpaired) electrons. The summed E-state index contributed by atoms with van der Waals surface area (Å²) in [7, 11) is 0. The Bertz CT molecular complexity index is 651. The Hall–Kier alpha value is -1.21. The van der Waals surface area contributed by atoms with E-state index in [0.29, 0.717) is 5.01 Å². The van der Waals surface area contributed by atoms with Crippen LogP contribution >= 0.6 is 27.3 Å². The van der Waals surface area contributed by atoms with Crippen molar-refractivity contribution in [3.63, 3.8) is 0 Å². The smallest absolute Gasteiger partial charge is 0.294 e. The van der Waals surface area contributed by atoms with Crippen LogP contribution in [0.2, 0.25) is 0 Å². The number of nitrogens with zero attached hydrogens (tertiary/aromatic N) is 1. The fraction of sp³-hybridized carbons (Fsp3) is 0.231. The van der Waals surface area contributed by atoms with E-state index < -0.39 is 11.7 Å². The van der Waals surface area contributed by atoms with E-state index in [2.05, 4.69) is 20.9 Å². The maximum absolute atomic E-state index is 12.8. The van der Waals surface area contributed by atoms with E-state index in [0.717, 1.165) is 11.8 Å². The Morgan fingerprint density at radius 1 is 1.40 bits per heavy atom. The zero-order valence-corrected chi connectivity index (χ0v) is 12.7. The first-order valence-corrected chi connectivity index (χ1v) is 7.25. The van der Waals surface area contributed by atoms with Crippen LogP contribution in [0, 0.1) is 6.92 Å². The summed E-state index contributed by atoms with van der Waals surface area (Å²) in [4.78, 5) is 16.1. The molecule has 0 N–H and O–H groups in total. The van der Waals surface area contributed by atoms with Gasteiger partial charge in [0.2, 0.25) is 0 Å². The van der Waals surface area contributed by atoms with Crippen molar-refractivity contribution in [1.82, 2.24) is 4.98 Å². The van der Waals surface area contributed by atoms with Crippen molar-refractivity contribution < 1.29 is 18.0 Å². The maximum Gasteiger partial charge on any atom is 0.417 e. The number of halogens is 4. The number of carbonyl (C=O) groups is 1. The van der Waals surface area contributed by atoms with Crippen LogP contribution in [-0.2, 0) is 12.6 Å². The molecule has 0 saturated heterocycles. The van der Waals surface area contributed by atoms with Crippen LogP contribution in [0.5, 0.6) is 0 Å². The molecular weight excluding hydrogens is 355 g/mol. The van der Waals surface area contributed by atoms with E-state index in [-0.39, 0.29) is 22.2 Å². The second kappa shape index (κ2) is 5.65. The molecule has 2 aromatic rings. The predicted octanol–water partition coefficient (Wildman–Crippen LogP) is 4.66. The Labute approximate surface area is 125 Å². The second-order valence-electron chi connectivity index (χ2n) is 4.17. The average molecular weight is 364 g/mol. The molecule has 1 aromatic carbocycles. The molecule has 0 spiro atoms. The van der Waals surface area contributed by atoms with E-state index in [9.17, 15) is 18.0 Å². The third-order valence-corrected chi connectivity index (χ3v) is 4.23. The number of hydrogen-bond donors (Lipinski definition) is 0. The number of thiazole rings is 1. The van der Waals surface area contributed by atoms with Gasteiger partial charge in [0.15, 0.2) is 5.78 Å². The molecule has 0 unspecified atom stereocenters.